The zero-order chi connectivity index (χ0) is 12.2. The van der Waals surface area contributed by atoms with Gasteiger partial charge in [-0.05, 0) is 23.6 Å². The topological polar surface area (TPSA) is 73.4 Å². The molecule has 0 aliphatic carbocycles. The molecule has 17 heavy (non-hydrogen) atoms. The molecule has 0 fully saturated rings. The van der Waals surface area contributed by atoms with Crippen molar-refractivity contribution in [2.24, 2.45) is 5.92 Å². The van der Waals surface area contributed by atoms with Crippen molar-refractivity contribution in [3.05, 3.63) is 17.7 Å². The smallest absolute Gasteiger partial charge is 0.232 e. The van der Waals surface area contributed by atoms with E-state index in [1.807, 2.05) is 26.0 Å². The second kappa shape index (κ2) is 3.37. The van der Waals surface area contributed by atoms with Crippen molar-refractivity contribution < 1.29 is 9.90 Å². The van der Waals surface area contributed by atoms with Crippen molar-refractivity contribution in [3.63, 3.8) is 0 Å². The third-order valence-electron chi connectivity index (χ3n) is 3.32. The van der Waals surface area contributed by atoms with E-state index in [1.54, 1.807) is 0 Å². The number of carbonyl (C=O) groups is 1. The normalized spacial score (nSPS) is 25.1. The van der Waals surface area contributed by atoms with E-state index < -0.39 is 6.35 Å². The van der Waals surface area contributed by atoms with E-state index >= 15 is 0 Å². The van der Waals surface area contributed by atoms with E-state index in [-0.39, 0.29) is 17.7 Å². The summed E-state index contributed by atoms with van der Waals surface area (Å²) in [5, 5.41) is 18.1. The largest absolute Gasteiger partial charge is 0.357 e. The zero-order valence-electron chi connectivity index (χ0n) is 9.74. The second-order valence-electron chi connectivity index (χ2n) is 4.89. The first-order chi connectivity index (χ1) is 8.06. The van der Waals surface area contributed by atoms with Gasteiger partial charge in [0.2, 0.25) is 12.3 Å². The number of rotatable bonds is 1. The molecule has 4 N–H and O–H groups in total. The lowest BCUT2D eigenvalue weighted by molar-refractivity contribution is -0.117. The molecule has 2 heterocycles. The Bertz CT molecular complexity index is 499. The lowest BCUT2D eigenvalue weighted by Gasteiger charge is -2.13. The Morgan fingerprint density at radius 3 is 2.47 bits per heavy atom. The molecular weight excluding hydrogens is 218 g/mol. The van der Waals surface area contributed by atoms with Crippen LogP contribution >= 0.6 is 0 Å². The van der Waals surface area contributed by atoms with Crippen LogP contribution in [0.4, 0.5) is 17.1 Å². The van der Waals surface area contributed by atoms with Gasteiger partial charge in [-0.3, -0.25) is 4.79 Å². The number of aliphatic hydroxyl groups excluding tert-OH is 1. The molecule has 0 radical (unpaired) electrons. The van der Waals surface area contributed by atoms with Crippen molar-refractivity contribution in [1.29, 1.82) is 0 Å². The third kappa shape index (κ3) is 1.46. The van der Waals surface area contributed by atoms with E-state index in [9.17, 15) is 9.90 Å². The molecular formula is C12H15N3O2. The quantitative estimate of drug-likeness (QED) is 0.593. The van der Waals surface area contributed by atoms with Crippen molar-refractivity contribution in [2.45, 2.75) is 26.1 Å². The second-order valence-corrected chi connectivity index (χ2v) is 4.89. The van der Waals surface area contributed by atoms with E-state index in [4.69, 9.17) is 0 Å². The molecule has 5 heteroatoms. The van der Waals surface area contributed by atoms with Crippen LogP contribution in [0.2, 0.25) is 0 Å². The molecule has 1 aromatic rings. The van der Waals surface area contributed by atoms with Crippen LogP contribution in [0.25, 0.3) is 0 Å². The highest BCUT2D eigenvalue weighted by Gasteiger charge is 2.34. The zero-order valence-corrected chi connectivity index (χ0v) is 9.74. The maximum atomic E-state index is 11.9. The first-order valence-electron chi connectivity index (χ1n) is 5.76. The number of aliphatic hydroxyl groups is 1. The summed E-state index contributed by atoms with van der Waals surface area (Å²) in [5.74, 6) is 0.211. The maximum Gasteiger partial charge on any atom is 0.232 e. The molecule has 2 aliphatic rings. The SMILES string of the molecule is CC(C)C1C(=O)Nc2cc3c(cc21)NC(O)N3. The minimum atomic E-state index is -0.749. The predicted octanol–water partition coefficient (Wildman–Crippen LogP) is 1.49. The Labute approximate surface area is 99.2 Å². The van der Waals surface area contributed by atoms with Crippen LogP contribution in [0.1, 0.15) is 25.3 Å². The number of benzene rings is 1. The molecule has 3 rings (SSSR count). The fourth-order valence-electron chi connectivity index (χ4n) is 2.57. The van der Waals surface area contributed by atoms with Gasteiger partial charge >= 0.3 is 0 Å². The van der Waals surface area contributed by atoms with Crippen LogP contribution in [-0.2, 0) is 4.79 Å². The van der Waals surface area contributed by atoms with Crippen LogP contribution < -0.4 is 16.0 Å². The van der Waals surface area contributed by atoms with Gasteiger partial charge in [-0.2, -0.15) is 0 Å². The first-order valence-corrected chi connectivity index (χ1v) is 5.76. The molecule has 0 saturated heterocycles. The average Bonchev–Trinajstić information content (AvgIpc) is 2.70. The highest BCUT2D eigenvalue weighted by atomic mass is 16.3. The molecule has 2 unspecified atom stereocenters. The van der Waals surface area contributed by atoms with Gasteiger partial charge in [0.25, 0.3) is 0 Å². The van der Waals surface area contributed by atoms with Gasteiger partial charge in [0.15, 0.2) is 0 Å². The molecule has 0 aromatic heterocycles. The van der Waals surface area contributed by atoms with Crippen molar-refractivity contribution in [3.8, 4) is 0 Å². The summed E-state index contributed by atoms with van der Waals surface area (Å²) in [4.78, 5) is 11.9. The minimum absolute atomic E-state index is 0.0548. The van der Waals surface area contributed by atoms with Crippen LogP contribution in [-0.4, -0.2) is 17.4 Å². The van der Waals surface area contributed by atoms with E-state index in [1.165, 1.54) is 0 Å². The molecule has 0 spiro atoms. The standard InChI is InChI=1S/C12H15N3O2/c1-5(2)10-6-3-8-9(15-12(17)14-8)4-7(6)13-11(10)16/h3-5,10,12,14-15,17H,1-2H3,(H,13,16). The number of carbonyl (C=O) groups excluding carboxylic acids is 1. The molecule has 0 bridgehead atoms. The Hall–Kier alpha value is -1.75. The predicted molar refractivity (Wildman–Crippen MR) is 65.9 cm³/mol. The van der Waals surface area contributed by atoms with Crippen LogP contribution in [0.15, 0.2) is 12.1 Å². The number of hydrogen-bond donors (Lipinski definition) is 4. The van der Waals surface area contributed by atoms with Crippen LogP contribution in [0.3, 0.4) is 0 Å². The number of fused-ring (bicyclic) bond motifs is 2. The third-order valence-corrected chi connectivity index (χ3v) is 3.32. The van der Waals surface area contributed by atoms with E-state index in [2.05, 4.69) is 16.0 Å². The Kier molecular flexibility index (Phi) is 2.06. The lowest BCUT2D eigenvalue weighted by Crippen LogP contribution is -2.20. The molecule has 0 saturated carbocycles. The van der Waals surface area contributed by atoms with Gasteiger partial charge in [0.05, 0.1) is 17.3 Å². The molecule has 2 atom stereocenters. The fourth-order valence-corrected chi connectivity index (χ4v) is 2.57. The lowest BCUT2D eigenvalue weighted by atomic mass is 9.89. The Morgan fingerprint density at radius 2 is 1.82 bits per heavy atom. The van der Waals surface area contributed by atoms with Crippen molar-refractivity contribution in [2.75, 3.05) is 16.0 Å². The van der Waals surface area contributed by atoms with Crippen LogP contribution in [0.5, 0.6) is 0 Å². The first kappa shape index (κ1) is 10.4. The number of anilines is 3. The fraction of sp³-hybridized carbons (Fsp3) is 0.417. The molecule has 90 valence electrons. The summed E-state index contributed by atoms with van der Waals surface area (Å²) in [6.45, 7) is 4.07. The van der Waals surface area contributed by atoms with Crippen molar-refractivity contribution in [1.82, 2.24) is 0 Å². The van der Waals surface area contributed by atoms with E-state index in [0.29, 0.717) is 0 Å². The summed E-state index contributed by atoms with van der Waals surface area (Å²) in [6.07, 6.45) is -0.749. The van der Waals surface area contributed by atoms with Gasteiger partial charge in [-0.1, -0.05) is 13.8 Å². The summed E-state index contributed by atoms with van der Waals surface area (Å²) in [6, 6.07) is 3.81. The average molecular weight is 233 g/mol. The van der Waals surface area contributed by atoms with E-state index in [0.717, 1.165) is 22.6 Å². The Balaban J connectivity index is 2.07. The van der Waals surface area contributed by atoms with Gasteiger partial charge in [-0.25, -0.2) is 0 Å². The van der Waals surface area contributed by atoms with Gasteiger partial charge in [0.1, 0.15) is 0 Å². The van der Waals surface area contributed by atoms with Crippen LogP contribution in [0, 0.1) is 5.92 Å². The molecule has 1 aromatic carbocycles. The molecule has 5 nitrogen and oxygen atoms in total. The Morgan fingerprint density at radius 1 is 1.18 bits per heavy atom. The van der Waals surface area contributed by atoms with Gasteiger partial charge < -0.3 is 21.1 Å². The summed E-state index contributed by atoms with van der Waals surface area (Å²) in [5.41, 5.74) is 3.52. The minimum Gasteiger partial charge on any atom is -0.357 e. The summed E-state index contributed by atoms with van der Waals surface area (Å²) >= 11 is 0. The summed E-state index contributed by atoms with van der Waals surface area (Å²) < 4.78 is 0. The highest BCUT2D eigenvalue weighted by Crippen LogP contribution is 2.43. The van der Waals surface area contributed by atoms with Gasteiger partial charge in [0, 0.05) is 5.69 Å². The maximum absolute atomic E-state index is 11.9. The summed E-state index contributed by atoms with van der Waals surface area (Å²) in [7, 11) is 0. The highest BCUT2D eigenvalue weighted by molar-refractivity contribution is 6.04. The molecule has 2 aliphatic heterocycles. The number of hydrogen-bond acceptors (Lipinski definition) is 4. The monoisotopic (exact) mass is 233 g/mol. The number of nitrogens with one attached hydrogen (secondary N) is 3. The number of amides is 1. The van der Waals surface area contributed by atoms with Gasteiger partial charge in [-0.15, -0.1) is 0 Å². The van der Waals surface area contributed by atoms with Crippen molar-refractivity contribution >= 4 is 23.0 Å². The molecule has 1 amide bonds.